The molecule has 0 saturated carbocycles. The summed E-state index contributed by atoms with van der Waals surface area (Å²) in [4.78, 5) is 3.20. The predicted molar refractivity (Wildman–Crippen MR) is 64.8 cm³/mol. The van der Waals surface area contributed by atoms with E-state index in [0.717, 1.165) is 32.8 Å². The van der Waals surface area contributed by atoms with E-state index in [1.54, 1.807) is 0 Å². The van der Waals surface area contributed by atoms with E-state index in [4.69, 9.17) is 5.26 Å². The van der Waals surface area contributed by atoms with Gasteiger partial charge in [-0.25, -0.2) is 0 Å². The molecule has 2 aromatic heterocycles. The number of aromatic nitrogens is 3. The molecule has 0 spiro atoms. The van der Waals surface area contributed by atoms with Crippen LogP contribution in [0.3, 0.4) is 0 Å². The number of H-pyrrole nitrogens is 1. The lowest BCUT2D eigenvalue weighted by atomic mass is 10.1. The number of rotatable bonds is 0. The first kappa shape index (κ1) is 8.48. The van der Waals surface area contributed by atoms with Crippen LogP contribution in [-0.2, 0) is 0 Å². The zero-order chi connectivity index (χ0) is 11.4. The second-order valence-electron chi connectivity index (χ2n) is 4.06. The van der Waals surface area contributed by atoms with Gasteiger partial charge in [0.25, 0.3) is 0 Å². The highest BCUT2D eigenvalue weighted by atomic mass is 15.2. The predicted octanol–water partition coefficient (Wildman–Crippen LogP) is 2.57. The lowest BCUT2D eigenvalue weighted by Crippen LogP contribution is -1.85. The monoisotopic (exact) mass is 218 g/mol. The van der Waals surface area contributed by atoms with Gasteiger partial charge in [0.05, 0.1) is 28.1 Å². The SMILES string of the molecule is N#Cc1ccc2c(ccc3nnc4[nH]c2c34)c1. The molecule has 0 unspecified atom stereocenters. The first-order valence-electron chi connectivity index (χ1n) is 5.27. The molecule has 2 heterocycles. The fourth-order valence-corrected chi connectivity index (χ4v) is 2.26. The quantitative estimate of drug-likeness (QED) is 0.493. The van der Waals surface area contributed by atoms with E-state index < -0.39 is 0 Å². The van der Waals surface area contributed by atoms with Gasteiger partial charge in [0.15, 0.2) is 5.65 Å². The Labute approximate surface area is 95.8 Å². The van der Waals surface area contributed by atoms with E-state index in [1.165, 1.54) is 0 Å². The van der Waals surface area contributed by atoms with Crippen LogP contribution in [-0.4, -0.2) is 15.2 Å². The smallest absolute Gasteiger partial charge is 0.164 e. The minimum absolute atomic E-state index is 0.668. The molecule has 4 nitrogen and oxygen atoms in total. The van der Waals surface area contributed by atoms with Crippen LogP contribution in [0.4, 0.5) is 0 Å². The van der Waals surface area contributed by atoms with Crippen LogP contribution in [0.2, 0.25) is 0 Å². The van der Waals surface area contributed by atoms with Crippen molar-refractivity contribution >= 4 is 32.8 Å². The van der Waals surface area contributed by atoms with Gasteiger partial charge in [-0.15, -0.1) is 10.2 Å². The summed E-state index contributed by atoms with van der Waals surface area (Å²) in [7, 11) is 0. The maximum Gasteiger partial charge on any atom is 0.164 e. The van der Waals surface area contributed by atoms with Crippen LogP contribution in [0.5, 0.6) is 0 Å². The summed E-state index contributed by atoms with van der Waals surface area (Å²) in [5, 5.41) is 20.3. The van der Waals surface area contributed by atoms with Crippen molar-refractivity contribution in [3.63, 3.8) is 0 Å². The lowest BCUT2D eigenvalue weighted by molar-refractivity contribution is 1.13. The Kier molecular flexibility index (Phi) is 1.35. The van der Waals surface area contributed by atoms with Gasteiger partial charge >= 0.3 is 0 Å². The minimum Gasteiger partial charge on any atom is -0.337 e. The zero-order valence-corrected chi connectivity index (χ0v) is 8.73. The summed E-state index contributed by atoms with van der Waals surface area (Å²) in [6.07, 6.45) is 0. The molecule has 0 fully saturated rings. The third kappa shape index (κ3) is 0.955. The van der Waals surface area contributed by atoms with Crippen molar-refractivity contribution in [1.29, 1.82) is 5.26 Å². The Morgan fingerprint density at radius 1 is 1.12 bits per heavy atom. The van der Waals surface area contributed by atoms with Gasteiger partial charge < -0.3 is 4.98 Å². The molecule has 4 aromatic rings. The maximum absolute atomic E-state index is 8.90. The molecular weight excluding hydrogens is 212 g/mol. The molecule has 0 saturated heterocycles. The lowest BCUT2D eigenvalue weighted by Gasteiger charge is -2.01. The normalized spacial score (nSPS) is 11.5. The van der Waals surface area contributed by atoms with Gasteiger partial charge in [0, 0.05) is 5.39 Å². The van der Waals surface area contributed by atoms with Crippen LogP contribution in [0.15, 0.2) is 30.3 Å². The number of benzene rings is 1. The first-order chi connectivity index (χ1) is 8.36. The molecule has 0 bridgehead atoms. The Morgan fingerprint density at radius 3 is 2.94 bits per heavy atom. The summed E-state index contributed by atoms with van der Waals surface area (Å²) in [6, 6.07) is 11.8. The Balaban J connectivity index is 2.28. The van der Waals surface area contributed by atoms with E-state index in [2.05, 4.69) is 21.3 Å². The maximum atomic E-state index is 8.90. The van der Waals surface area contributed by atoms with Crippen molar-refractivity contribution in [3.05, 3.63) is 35.9 Å². The summed E-state index contributed by atoms with van der Waals surface area (Å²) < 4.78 is 0. The van der Waals surface area contributed by atoms with Crippen molar-refractivity contribution in [3.8, 4) is 6.07 Å². The highest BCUT2D eigenvalue weighted by molar-refractivity contribution is 6.18. The average Bonchev–Trinajstić information content (AvgIpc) is 2.59. The molecule has 4 heteroatoms. The molecule has 0 radical (unpaired) electrons. The third-order valence-electron chi connectivity index (χ3n) is 3.11. The van der Waals surface area contributed by atoms with Crippen molar-refractivity contribution < 1.29 is 0 Å². The van der Waals surface area contributed by atoms with Gasteiger partial charge in [-0.3, -0.25) is 0 Å². The number of aromatic amines is 1. The molecule has 2 aromatic carbocycles. The molecular formula is C13H6N4. The molecule has 0 aliphatic heterocycles. The van der Waals surface area contributed by atoms with Gasteiger partial charge in [0.2, 0.25) is 0 Å². The van der Waals surface area contributed by atoms with Gasteiger partial charge in [0.1, 0.15) is 0 Å². The average molecular weight is 218 g/mol. The molecule has 0 amide bonds. The topological polar surface area (TPSA) is 65.4 Å². The number of fused-ring (bicyclic) bond motifs is 2. The van der Waals surface area contributed by atoms with E-state index in [0.29, 0.717) is 5.56 Å². The molecule has 1 N–H and O–H groups in total. The molecule has 0 aliphatic carbocycles. The van der Waals surface area contributed by atoms with Crippen LogP contribution in [0.1, 0.15) is 5.56 Å². The van der Waals surface area contributed by atoms with Crippen molar-refractivity contribution in [1.82, 2.24) is 15.2 Å². The number of hydrogen-bond donors (Lipinski definition) is 1. The molecule has 4 rings (SSSR count). The van der Waals surface area contributed by atoms with E-state index in [9.17, 15) is 0 Å². The Morgan fingerprint density at radius 2 is 2.06 bits per heavy atom. The largest absolute Gasteiger partial charge is 0.337 e. The number of nitrogens with zero attached hydrogens (tertiary/aromatic N) is 3. The summed E-state index contributed by atoms with van der Waals surface area (Å²) in [5.74, 6) is 0. The van der Waals surface area contributed by atoms with Crippen LogP contribution >= 0.6 is 0 Å². The Bertz CT molecular complexity index is 898. The summed E-state index contributed by atoms with van der Waals surface area (Å²) >= 11 is 0. The molecule has 17 heavy (non-hydrogen) atoms. The van der Waals surface area contributed by atoms with Crippen LogP contribution < -0.4 is 0 Å². The zero-order valence-electron chi connectivity index (χ0n) is 8.73. The number of nitrogens with one attached hydrogen (secondary N) is 1. The highest BCUT2D eigenvalue weighted by Gasteiger charge is 2.13. The highest BCUT2D eigenvalue weighted by Crippen LogP contribution is 2.31. The van der Waals surface area contributed by atoms with Crippen LogP contribution in [0, 0.1) is 11.3 Å². The van der Waals surface area contributed by atoms with E-state index in [-0.39, 0.29) is 0 Å². The summed E-state index contributed by atoms with van der Waals surface area (Å²) in [5.41, 5.74) is 3.46. The van der Waals surface area contributed by atoms with E-state index >= 15 is 0 Å². The first-order valence-corrected chi connectivity index (χ1v) is 5.27. The Hall–Kier alpha value is -2.67. The number of nitriles is 1. The second kappa shape index (κ2) is 2.71. The standard InChI is InChI=1S/C13H6N4/c14-6-7-1-3-9-8(5-7)2-4-10-11-12(9)15-13(11)17-16-10/h1-5H,(H,15,16,17). The molecule has 0 aliphatic rings. The van der Waals surface area contributed by atoms with Crippen molar-refractivity contribution in [2.24, 2.45) is 0 Å². The van der Waals surface area contributed by atoms with Gasteiger partial charge in [-0.05, 0) is 23.6 Å². The minimum atomic E-state index is 0.668. The molecule has 78 valence electrons. The van der Waals surface area contributed by atoms with Gasteiger partial charge in [-0.1, -0.05) is 12.1 Å². The van der Waals surface area contributed by atoms with E-state index in [1.807, 2.05) is 30.3 Å². The fraction of sp³-hybridized carbons (Fsp3) is 0. The molecule has 0 atom stereocenters. The van der Waals surface area contributed by atoms with Crippen molar-refractivity contribution in [2.45, 2.75) is 0 Å². The summed E-state index contributed by atoms with van der Waals surface area (Å²) in [6.45, 7) is 0. The van der Waals surface area contributed by atoms with Crippen LogP contribution in [0.25, 0.3) is 32.8 Å². The second-order valence-corrected chi connectivity index (χ2v) is 4.06. The third-order valence-corrected chi connectivity index (χ3v) is 3.11. The van der Waals surface area contributed by atoms with Gasteiger partial charge in [-0.2, -0.15) is 5.26 Å². The van der Waals surface area contributed by atoms with Crippen molar-refractivity contribution in [2.75, 3.05) is 0 Å². The number of hydrogen-bond acceptors (Lipinski definition) is 3. The fourth-order valence-electron chi connectivity index (χ4n) is 2.26.